The third kappa shape index (κ3) is 2.61. The number of para-hydroxylation sites is 2. The Morgan fingerprint density at radius 3 is 3.00 bits per heavy atom. The molecule has 1 heterocycles. The van der Waals surface area contributed by atoms with E-state index in [1.807, 2.05) is 18.2 Å². The molecule has 0 spiro atoms. The fourth-order valence-corrected chi connectivity index (χ4v) is 1.88. The number of fused-ring (bicyclic) bond motifs is 1. The minimum Gasteiger partial charge on any atom is -0.338 e. The van der Waals surface area contributed by atoms with E-state index in [1.54, 1.807) is 6.07 Å². The van der Waals surface area contributed by atoms with Gasteiger partial charge in [0.05, 0.1) is 11.4 Å². The highest BCUT2D eigenvalue weighted by Gasteiger charge is 2.25. The van der Waals surface area contributed by atoms with Crippen LogP contribution >= 0.6 is 0 Å². The number of benzene rings is 1. The van der Waals surface area contributed by atoms with Gasteiger partial charge >= 0.3 is 6.03 Å². The summed E-state index contributed by atoms with van der Waals surface area (Å²) in [6.07, 6.45) is 1.96. The molecule has 96 valence electrons. The molecule has 1 aromatic rings. The number of carbonyl (C=O) groups is 2. The third-order valence-corrected chi connectivity index (χ3v) is 2.82. The highest BCUT2D eigenvalue weighted by molar-refractivity contribution is 6.09. The maximum Gasteiger partial charge on any atom is 0.322 e. The number of nitrogens with zero attached hydrogens (tertiary/aromatic N) is 1. The van der Waals surface area contributed by atoms with Crippen molar-refractivity contribution in [2.75, 3.05) is 23.3 Å². The Labute approximate surface area is 106 Å². The first-order valence-electron chi connectivity index (χ1n) is 6.16. The molecule has 0 atom stereocenters. The number of carbonyl (C=O) groups excluding carboxylic acids is 2. The van der Waals surface area contributed by atoms with E-state index in [-0.39, 0.29) is 18.5 Å². The molecule has 0 fully saturated rings. The number of urea groups is 1. The Hall–Kier alpha value is -2.04. The standard InChI is InChI=1S/C13H17N3O2/c1-2-3-8-14-13(18)16-9-12(17)15-10-6-4-5-7-11(10)16/h4-7H,2-3,8-9H2,1H3,(H,14,18)(H,15,17). The molecule has 1 aliphatic rings. The van der Waals surface area contributed by atoms with Gasteiger partial charge in [0.1, 0.15) is 6.54 Å². The lowest BCUT2D eigenvalue weighted by Crippen LogP contribution is -2.47. The molecule has 1 aliphatic heterocycles. The van der Waals surface area contributed by atoms with Gasteiger partial charge in [-0.1, -0.05) is 25.5 Å². The summed E-state index contributed by atoms with van der Waals surface area (Å²) in [5, 5.41) is 5.57. The predicted octanol–water partition coefficient (Wildman–Crippen LogP) is 1.95. The maximum absolute atomic E-state index is 12.0. The minimum atomic E-state index is -0.217. The van der Waals surface area contributed by atoms with Gasteiger partial charge in [-0.15, -0.1) is 0 Å². The van der Waals surface area contributed by atoms with Gasteiger partial charge in [-0.05, 0) is 18.6 Å². The summed E-state index contributed by atoms with van der Waals surface area (Å²) in [5.41, 5.74) is 1.42. The Morgan fingerprint density at radius 1 is 1.44 bits per heavy atom. The largest absolute Gasteiger partial charge is 0.338 e. The van der Waals surface area contributed by atoms with Crippen molar-refractivity contribution in [1.82, 2.24) is 5.32 Å². The smallest absolute Gasteiger partial charge is 0.322 e. The molecule has 2 rings (SSSR count). The van der Waals surface area contributed by atoms with E-state index in [4.69, 9.17) is 0 Å². The second-order valence-electron chi connectivity index (χ2n) is 4.24. The lowest BCUT2D eigenvalue weighted by molar-refractivity contribution is -0.115. The van der Waals surface area contributed by atoms with E-state index < -0.39 is 0 Å². The van der Waals surface area contributed by atoms with Crippen LogP contribution in [0.25, 0.3) is 0 Å². The van der Waals surface area contributed by atoms with E-state index in [0.717, 1.165) is 18.5 Å². The zero-order valence-corrected chi connectivity index (χ0v) is 10.4. The summed E-state index contributed by atoms with van der Waals surface area (Å²) in [6, 6.07) is 7.08. The van der Waals surface area contributed by atoms with Gasteiger partial charge in [0.15, 0.2) is 0 Å². The third-order valence-electron chi connectivity index (χ3n) is 2.82. The van der Waals surface area contributed by atoms with Crippen molar-refractivity contribution in [3.05, 3.63) is 24.3 Å². The van der Waals surface area contributed by atoms with Crippen LogP contribution in [-0.2, 0) is 4.79 Å². The van der Waals surface area contributed by atoms with Crippen molar-refractivity contribution < 1.29 is 9.59 Å². The molecule has 3 amide bonds. The summed E-state index contributed by atoms with van der Waals surface area (Å²) >= 11 is 0. The number of hydrogen-bond donors (Lipinski definition) is 2. The molecule has 2 N–H and O–H groups in total. The average Bonchev–Trinajstić information content (AvgIpc) is 2.38. The number of rotatable bonds is 3. The molecule has 0 radical (unpaired) electrons. The molecular formula is C13H17N3O2. The van der Waals surface area contributed by atoms with Gasteiger partial charge in [0, 0.05) is 6.54 Å². The quantitative estimate of drug-likeness (QED) is 0.802. The fourth-order valence-electron chi connectivity index (χ4n) is 1.88. The number of amides is 3. The first-order chi connectivity index (χ1) is 8.72. The van der Waals surface area contributed by atoms with Crippen LogP contribution in [0.4, 0.5) is 16.2 Å². The highest BCUT2D eigenvalue weighted by Crippen LogP contribution is 2.28. The van der Waals surface area contributed by atoms with Crippen LogP contribution in [0, 0.1) is 0 Å². The highest BCUT2D eigenvalue weighted by atomic mass is 16.2. The Morgan fingerprint density at radius 2 is 2.22 bits per heavy atom. The molecule has 18 heavy (non-hydrogen) atoms. The maximum atomic E-state index is 12.0. The van der Waals surface area contributed by atoms with E-state index in [2.05, 4.69) is 17.6 Å². The number of unbranched alkanes of at least 4 members (excludes halogenated alkanes) is 1. The minimum absolute atomic E-state index is 0.0645. The molecule has 5 nitrogen and oxygen atoms in total. The average molecular weight is 247 g/mol. The predicted molar refractivity (Wildman–Crippen MR) is 70.7 cm³/mol. The number of nitrogens with one attached hydrogen (secondary N) is 2. The molecule has 1 aromatic carbocycles. The molecule has 5 heteroatoms. The number of hydrogen-bond acceptors (Lipinski definition) is 2. The topological polar surface area (TPSA) is 61.4 Å². The van der Waals surface area contributed by atoms with Crippen molar-refractivity contribution in [3.63, 3.8) is 0 Å². The molecule has 0 aliphatic carbocycles. The van der Waals surface area contributed by atoms with E-state index in [1.165, 1.54) is 4.90 Å². The van der Waals surface area contributed by atoms with Gasteiger partial charge in [-0.3, -0.25) is 9.69 Å². The Bertz CT molecular complexity index is 459. The number of anilines is 2. The van der Waals surface area contributed by atoms with Crippen molar-refractivity contribution >= 4 is 23.3 Å². The molecule has 0 bridgehead atoms. The van der Waals surface area contributed by atoms with E-state index in [9.17, 15) is 9.59 Å². The Balaban J connectivity index is 2.13. The fraction of sp³-hybridized carbons (Fsp3) is 0.385. The monoisotopic (exact) mass is 247 g/mol. The van der Waals surface area contributed by atoms with Gasteiger partial charge in [-0.2, -0.15) is 0 Å². The normalized spacial score (nSPS) is 13.8. The Kier molecular flexibility index (Phi) is 3.82. The van der Waals surface area contributed by atoms with Gasteiger partial charge < -0.3 is 10.6 Å². The van der Waals surface area contributed by atoms with Crippen molar-refractivity contribution in [1.29, 1.82) is 0 Å². The summed E-state index contributed by atoms with van der Waals surface area (Å²) < 4.78 is 0. The first kappa shape index (κ1) is 12.4. The SMILES string of the molecule is CCCCNC(=O)N1CC(=O)Nc2ccccc21. The second-order valence-corrected chi connectivity index (χ2v) is 4.24. The second kappa shape index (κ2) is 5.53. The molecular weight excluding hydrogens is 230 g/mol. The molecule has 0 aromatic heterocycles. The zero-order valence-electron chi connectivity index (χ0n) is 10.4. The van der Waals surface area contributed by atoms with Crippen LogP contribution in [0.2, 0.25) is 0 Å². The van der Waals surface area contributed by atoms with Crippen molar-refractivity contribution in [2.24, 2.45) is 0 Å². The van der Waals surface area contributed by atoms with Crippen molar-refractivity contribution in [3.8, 4) is 0 Å². The van der Waals surface area contributed by atoms with Crippen LogP contribution in [0.1, 0.15) is 19.8 Å². The van der Waals surface area contributed by atoms with E-state index >= 15 is 0 Å². The summed E-state index contributed by atoms with van der Waals surface area (Å²) in [7, 11) is 0. The van der Waals surface area contributed by atoms with Gasteiger partial charge in [0.2, 0.25) is 5.91 Å². The van der Waals surface area contributed by atoms with Crippen LogP contribution < -0.4 is 15.5 Å². The van der Waals surface area contributed by atoms with E-state index in [0.29, 0.717) is 12.2 Å². The first-order valence-corrected chi connectivity index (χ1v) is 6.16. The lowest BCUT2D eigenvalue weighted by atomic mass is 10.2. The molecule has 0 saturated heterocycles. The van der Waals surface area contributed by atoms with Crippen LogP contribution in [0.3, 0.4) is 0 Å². The summed E-state index contributed by atoms with van der Waals surface area (Å²) in [6.45, 7) is 2.76. The molecule has 0 saturated carbocycles. The summed E-state index contributed by atoms with van der Waals surface area (Å²) in [4.78, 5) is 25.0. The molecule has 0 unspecified atom stereocenters. The van der Waals surface area contributed by atoms with Gasteiger partial charge in [-0.25, -0.2) is 4.79 Å². The van der Waals surface area contributed by atoms with Crippen LogP contribution in [0.5, 0.6) is 0 Å². The summed E-state index contributed by atoms with van der Waals surface area (Å²) in [5.74, 6) is -0.167. The lowest BCUT2D eigenvalue weighted by Gasteiger charge is -2.29. The van der Waals surface area contributed by atoms with Gasteiger partial charge in [0.25, 0.3) is 0 Å². The zero-order chi connectivity index (χ0) is 13.0. The van der Waals surface area contributed by atoms with Crippen molar-refractivity contribution in [2.45, 2.75) is 19.8 Å². The van der Waals surface area contributed by atoms with Crippen LogP contribution in [0.15, 0.2) is 24.3 Å². The van der Waals surface area contributed by atoms with Crippen LogP contribution in [-0.4, -0.2) is 25.0 Å².